The van der Waals surface area contributed by atoms with Crippen LogP contribution in [-0.4, -0.2) is 28.0 Å². The second-order valence-electron chi connectivity index (χ2n) is 4.87. The Morgan fingerprint density at radius 3 is 2.67 bits per heavy atom. The van der Waals surface area contributed by atoms with E-state index in [0.717, 1.165) is 18.8 Å². The van der Waals surface area contributed by atoms with Crippen LogP contribution in [0.5, 0.6) is 0 Å². The van der Waals surface area contributed by atoms with E-state index in [1.54, 1.807) is 0 Å². The molecule has 0 fully saturated rings. The molecule has 1 aromatic rings. The van der Waals surface area contributed by atoms with E-state index in [1.165, 1.54) is 6.33 Å². The first kappa shape index (κ1) is 14.2. The van der Waals surface area contributed by atoms with Crippen LogP contribution in [0.3, 0.4) is 0 Å². The summed E-state index contributed by atoms with van der Waals surface area (Å²) in [5.41, 5.74) is 4.78. The van der Waals surface area contributed by atoms with Gasteiger partial charge in [-0.3, -0.25) is 4.79 Å². The van der Waals surface area contributed by atoms with Gasteiger partial charge in [-0.2, -0.15) is 0 Å². The SMILES string of the molecule is CCCNc1cc(NC(C)(C)CC(N)=O)ncn1. The topological polar surface area (TPSA) is 92.9 Å². The van der Waals surface area contributed by atoms with Crippen LogP contribution in [0.2, 0.25) is 0 Å². The van der Waals surface area contributed by atoms with E-state index < -0.39 is 5.54 Å². The molecule has 0 aromatic carbocycles. The molecule has 1 rings (SSSR count). The van der Waals surface area contributed by atoms with Crippen LogP contribution in [0.4, 0.5) is 11.6 Å². The van der Waals surface area contributed by atoms with Crippen molar-refractivity contribution >= 4 is 17.5 Å². The third-order valence-corrected chi connectivity index (χ3v) is 2.31. The van der Waals surface area contributed by atoms with Gasteiger partial charge in [0.1, 0.15) is 18.0 Å². The Labute approximate surface area is 107 Å². The van der Waals surface area contributed by atoms with E-state index in [9.17, 15) is 4.79 Å². The minimum Gasteiger partial charge on any atom is -0.370 e. The van der Waals surface area contributed by atoms with Gasteiger partial charge in [0.2, 0.25) is 5.91 Å². The number of aromatic nitrogens is 2. The fraction of sp³-hybridized carbons (Fsp3) is 0.583. The molecule has 0 bridgehead atoms. The van der Waals surface area contributed by atoms with E-state index >= 15 is 0 Å². The highest BCUT2D eigenvalue weighted by Gasteiger charge is 2.20. The first-order valence-corrected chi connectivity index (χ1v) is 6.05. The molecule has 0 unspecified atom stereocenters. The van der Waals surface area contributed by atoms with Gasteiger partial charge in [-0.05, 0) is 20.3 Å². The standard InChI is InChI=1S/C12H21N5O/c1-4-5-14-10-6-11(16-8-15-10)17-12(2,3)7-9(13)18/h6,8H,4-5,7H2,1-3H3,(H2,13,18)(H2,14,15,16,17). The summed E-state index contributed by atoms with van der Waals surface area (Å²) < 4.78 is 0. The fourth-order valence-electron chi connectivity index (χ4n) is 1.60. The van der Waals surface area contributed by atoms with Crippen molar-refractivity contribution in [3.63, 3.8) is 0 Å². The zero-order chi connectivity index (χ0) is 13.6. The molecular weight excluding hydrogens is 230 g/mol. The molecule has 0 aliphatic rings. The number of nitrogens with one attached hydrogen (secondary N) is 2. The molecule has 1 amide bonds. The van der Waals surface area contributed by atoms with Crippen molar-refractivity contribution < 1.29 is 4.79 Å². The number of hydrogen-bond donors (Lipinski definition) is 3. The number of primary amides is 1. The molecule has 4 N–H and O–H groups in total. The predicted octanol–water partition coefficient (Wildman–Crippen LogP) is 1.36. The van der Waals surface area contributed by atoms with Crippen LogP contribution < -0.4 is 16.4 Å². The van der Waals surface area contributed by atoms with Crippen molar-refractivity contribution in [1.82, 2.24) is 9.97 Å². The summed E-state index contributed by atoms with van der Waals surface area (Å²) in [4.78, 5) is 19.2. The molecule has 1 aromatic heterocycles. The average molecular weight is 251 g/mol. The predicted molar refractivity (Wildman–Crippen MR) is 72.3 cm³/mol. The number of carbonyl (C=O) groups is 1. The van der Waals surface area contributed by atoms with Gasteiger partial charge < -0.3 is 16.4 Å². The monoisotopic (exact) mass is 251 g/mol. The van der Waals surface area contributed by atoms with Crippen molar-refractivity contribution in [3.05, 3.63) is 12.4 Å². The first-order valence-electron chi connectivity index (χ1n) is 6.05. The lowest BCUT2D eigenvalue weighted by molar-refractivity contribution is -0.118. The van der Waals surface area contributed by atoms with Crippen molar-refractivity contribution in [3.8, 4) is 0 Å². The summed E-state index contributed by atoms with van der Waals surface area (Å²) in [6, 6.07) is 1.82. The van der Waals surface area contributed by atoms with Crippen molar-refractivity contribution in [2.24, 2.45) is 5.73 Å². The third kappa shape index (κ3) is 4.99. The number of rotatable bonds is 7. The molecule has 0 aliphatic carbocycles. The molecule has 6 nitrogen and oxygen atoms in total. The van der Waals surface area contributed by atoms with Crippen LogP contribution in [0.1, 0.15) is 33.6 Å². The summed E-state index contributed by atoms with van der Waals surface area (Å²) >= 11 is 0. The maximum absolute atomic E-state index is 11.0. The zero-order valence-electron chi connectivity index (χ0n) is 11.2. The molecule has 0 aliphatic heterocycles. The van der Waals surface area contributed by atoms with Gasteiger partial charge in [0.05, 0.1) is 0 Å². The van der Waals surface area contributed by atoms with E-state index in [0.29, 0.717) is 5.82 Å². The summed E-state index contributed by atoms with van der Waals surface area (Å²) in [6.45, 7) is 6.75. The molecule has 0 spiro atoms. The van der Waals surface area contributed by atoms with Gasteiger partial charge in [0, 0.05) is 24.6 Å². The van der Waals surface area contributed by atoms with Crippen LogP contribution in [-0.2, 0) is 4.79 Å². The lowest BCUT2D eigenvalue weighted by atomic mass is 10.0. The van der Waals surface area contributed by atoms with Crippen LogP contribution in [0.15, 0.2) is 12.4 Å². The highest BCUT2D eigenvalue weighted by molar-refractivity contribution is 5.75. The normalized spacial score (nSPS) is 11.1. The molecule has 18 heavy (non-hydrogen) atoms. The number of carbonyl (C=O) groups excluding carboxylic acids is 1. The Hall–Kier alpha value is -1.85. The van der Waals surface area contributed by atoms with Gasteiger partial charge in [-0.25, -0.2) is 9.97 Å². The van der Waals surface area contributed by atoms with E-state index in [2.05, 4.69) is 27.5 Å². The Morgan fingerprint density at radius 1 is 1.39 bits per heavy atom. The Kier molecular flexibility index (Phi) is 4.88. The van der Waals surface area contributed by atoms with E-state index in [-0.39, 0.29) is 12.3 Å². The molecule has 0 saturated carbocycles. The molecular formula is C12H21N5O. The number of nitrogens with zero attached hydrogens (tertiary/aromatic N) is 2. The maximum Gasteiger partial charge on any atom is 0.219 e. The summed E-state index contributed by atoms with van der Waals surface area (Å²) in [6.07, 6.45) is 2.76. The maximum atomic E-state index is 11.0. The third-order valence-electron chi connectivity index (χ3n) is 2.31. The second-order valence-corrected chi connectivity index (χ2v) is 4.87. The van der Waals surface area contributed by atoms with Crippen LogP contribution in [0.25, 0.3) is 0 Å². The first-order chi connectivity index (χ1) is 8.43. The van der Waals surface area contributed by atoms with Crippen LogP contribution in [0, 0.1) is 0 Å². The van der Waals surface area contributed by atoms with Crippen molar-refractivity contribution in [2.75, 3.05) is 17.2 Å². The van der Waals surface area contributed by atoms with Gasteiger partial charge in [-0.1, -0.05) is 6.92 Å². The summed E-state index contributed by atoms with van der Waals surface area (Å²) in [7, 11) is 0. The van der Waals surface area contributed by atoms with Gasteiger partial charge in [-0.15, -0.1) is 0 Å². The Balaban J connectivity index is 2.69. The van der Waals surface area contributed by atoms with E-state index in [4.69, 9.17) is 5.73 Å². The van der Waals surface area contributed by atoms with Gasteiger partial charge in [0.15, 0.2) is 0 Å². The number of hydrogen-bond acceptors (Lipinski definition) is 5. The largest absolute Gasteiger partial charge is 0.370 e. The minimum absolute atomic E-state index is 0.245. The Bertz CT molecular complexity index is 405. The highest BCUT2D eigenvalue weighted by Crippen LogP contribution is 2.17. The van der Waals surface area contributed by atoms with Crippen molar-refractivity contribution in [2.45, 2.75) is 39.2 Å². The zero-order valence-corrected chi connectivity index (χ0v) is 11.2. The van der Waals surface area contributed by atoms with Gasteiger partial charge in [0.25, 0.3) is 0 Å². The average Bonchev–Trinajstić information content (AvgIpc) is 2.24. The number of nitrogens with two attached hydrogens (primary N) is 1. The van der Waals surface area contributed by atoms with Crippen LogP contribution >= 0.6 is 0 Å². The molecule has 0 saturated heterocycles. The lowest BCUT2D eigenvalue weighted by Gasteiger charge is -2.25. The lowest BCUT2D eigenvalue weighted by Crippen LogP contribution is -2.36. The summed E-state index contributed by atoms with van der Waals surface area (Å²) in [5, 5.41) is 6.35. The minimum atomic E-state index is -0.428. The molecule has 0 radical (unpaired) electrons. The molecule has 0 atom stereocenters. The Morgan fingerprint density at radius 2 is 2.06 bits per heavy atom. The summed E-state index contributed by atoms with van der Waals surface area (Å²) in [5.74, 6) is 1.10. The van der Waals surface area contributed by atoms with E-state index in [1.807, 2.05) is 19.9 Å². The van der Waals surface area contributed by atoms with Gasteiger partial charge >= 0.3 is 0 Å². The molecule has 6 heteroatoms. The highest BCUT2D eigenvalue weighted by atomic mass is 16.1. The number of amides is 1. The quantitative estimate of drug-likeness (QED) is 0.680. The smallest absolute Gasteiger partial charge is 0.219 e. The molecule has 100 valence electrons. The number of anilines is 2. The second kappa shape index (κ2) is 6.18. The fourth-order valence-corrected chi connectivity index (χ4v) is 1.60. The molecule has 1 heterocycles. The van der Waals surface area contributed by atoms with Crippen molar-refractivity contribution in [1.29, 1.82) is 0 Å².